The van der Waals surface area contributed by atoms with Gasteiger partial charge in [0, 0.05) is 89.6 Å². The first-order valence-electron chi connectivity index (χ1n) is 27.6. The smallest absolute Gasteiger partial charge is 0.268 e. The molecule has 1 unspecified atom stereocenters. The first-order chi connectivity index (χ1) is 39.9. The van der Waals surface area contributed by atoms with Crippen LogP contribution in [-0.4, -0.2) is 179 Å². The normalized spacial score (nSPS) is 16.1. The number of phenols is 1. The molecular weight excluding hydrogens is 1110 g/mol. The van der Waals surface area contributed by atoms with Crippen LogP contribution in [0.5, 0.6) is 5.75 Å². The lowest BCUT2D eigenvalue weighted by molar-refractivity contribution is -0.139. The zero-order chi connectivity index (χ0) is 58.9. The van der Waals surface area contributed by atoms with Crippen LogP contribution in [0.4, 0.5) is 16.2 Å². The van der Waals surface area contributed by atoms with Crippen molar-refractivity contribution in [3.05, 3.63) is 112 Å². The molecule has 0 radical (unpaired) electrons. The maximum Gasteiger partial charge on any atom is 0.268 e. The first-order valence-corrected chi connectivity index (χ1v) is 28.9. The number of aliphatic hydroxyl groups excluding tert-OH is 1. The van der Waals surface area contributed by atoms with Gasteiger partial charge in [-0.15, -0.1) is 11.3 Å². The van der Waals surface area contributed by atoms with Crippen LogP contribution in [0.15, 0.2) is 87.8 Å². The number of ether oxygens (including phenoxy) is 3. The number of thiazole rings is 1. The molecule has 5 heterocycles. The number of carbonyl (C=O) groups is 4. The van der Waals surface area contributed by atoms with Crippen LogP contribution in [0.2, 0.25) is 5.02 Å². The number of amides is 4. The van der Waals surface area contributed by atoms with E-state index in [4.69, 9.17) is 35.3 Å². The molecule has 4 amide bonds. The Bertz CT molecular complexity index is 3500. The molecule has 2 fully saturated rings. The lowest BCUT2D eigenvalue weighted by Gasteiger charge is -2.35. The molecular formula is C60H68ClFN10O10S. The molecule has 4 aromatic carbocycles. The summed E-state index contributed by atoms with van der Waals surface area (Å²) in [5.41, 5.74) is 5.77. The van der Waals surface area contributed by atoms with Crippen LogP contribution in [-0.2, 0) is 33.4 Å². The van der Waals surface area contributed by atoms with Gasteiger partial charge in [-0.1, -0.05) is 79.1 Å². The predicted molar refractivity (Wildman–Crippen MR) is 316 cm³/mol. The van der Waals surface area contributed by atoms with Gasteiger partial charge in [0.25, 0.3) is 5.91 Å². The SMILES string of the molecule is CC(=O)N1CCN(c2nc(NCCC(=O)N(C)CCOCCOCCOCC(=NC(=O)[C@@H]3C[C@@H](O)CN3C(=O)C(c3cc(C)no3)C(C)C)c3ccc(-c4scnc4C)cc3)nc3c(F)c(-c4cc(O)cc5ccccc45)c(Cl)cc23)CC1. The molecule has 0 saturated carbocycles. The number of benzene rings is 4. The number of fused-ring (bicyclic) bond motifs is 2. The van der Waals surface area contributed by atoms with Crippen molar-refractivity contribution in [3.8, 4) is 27.3 Å². The van der Waals surface area contributed by atoms with E-state index in [1.54, 1.807) is 47.5 Å². The maximum absolute atomic E-state index is 17.0. The van der Waals surface area contributed by atoms with Crippen molar-refractivity contribution < 1.29 is 52.5 Å². The van der Waals surface area contributed by atoms with Crippen molar-refractivity contribution >= 4 is 85.7 Å². The first kappa shape index (κ1) is 60.1. The number of aliphatic hydroxyl groups is 1. The van der Waals surface area contributed by atoms with E-state index in [-0.39, 0.29) is 117 Å². The van der Waals surface area contributed by atoms with Gasteiger partial charge in [-0.25, -0.2) is 19.4 Å². The van der Waals surface area contributed by atoms with Gasteiger partial charge in [-0.2, -0.15) is 4.98 Å². The predicted octanol–water partition coefficient (Wildman–Crippen LogP) is 8.07. The molecule has 3 N–H and O–H groups in total. The summed E-state index contributed by atoms with van der Waals surface area (Å²) < 4.78 is 40.1. The Morgan fingerprint density at radius 3 is 2.35 bits per heavy atom. The lowest BCUT2D eigenvalue weighted by Crippen LogP contribution is -2.48. The van der Waals surface area contributed by atoms with Gasteiger partial charge in [0.05, 0.1) is 78.3 Å². The van der Waals surface area contributed by atoms with Gasteiger partial charge >= 0.3 is 0 Å². The van der Waals surface area contributed by atoms with Crippen molar-refractivity contribution in [2.75, 3.05) is 103 Å². The molecule has 0 spiro atoms. The highest BCUT2D eigenvalue weighted by molar-refractivity contribution is 7.13. The number of hydrogen-bond donors (Lipinski definition) is 3. The molecule has 9 rings (SSSR count). The Balaban J connectivity index is 0.760. The van der Waals surface area contributed by atoms with Crippen molar-refractivity contribution in [1.82, 2.24) is 34.8 Å². The molecule has 2 aliphatic heterocycles. The molecule has 0 bridgehead atoms. The average molecular weight is 1180 g/mol. The molecule has 2 saturated heterocycles. The number of nitrogens with one attached hydrogen (secondary N) is 1. The van der Waals surface area contributed by atoms with Crippen LogP contribution >= 0.6 is 22.9 Å². The van der Waals surface area contributed by atoms with E-state index in [0.717, 1.165) is 16.1 Å². The van der Waals surface area contributed by atoms with E-state index in [1.807, 2.05) is 74.2 Å². The fourth-order valence-electron chi connectivity index (χ4n) is 10.4. The van der Waals surface area contributed by atoms with Crippen molar-refractivity contribution in [2.45, 2.75) is 65.5 Å². The zero-order valence-electron chi connectivity index (χ0n) is 47.3. The highest BCUT2D eigenvalue weighted by Gasteiger charge is 2.43. The minimum absolute atomic E-state index is 0.00367. The molecule has 438 valence electrons. The van der Waals surface area contributed by atoms with E-state index in [2.05, 4.69) is 25.4 Å². The fourth-order valence-corrected chi connectivity index (χ4v) is 11.5. The third-order valence-corrected chi connectivity index (χ3v) is 16.1. The van der Waals surface area contributed by atoms with E-state index < -0.39 is 29.8 Å². The van der Waals surface area contributed by atoms with E-state index in [9.17, 15) is 29.4 Å². The number of β-amino-alcohol motifs (C(OH)–C–C–N with tert-alkyl or cyclic N) is 1. The molecule has 3 aromatic heterocycles. The van der Waals surface area contributed by atoms with Gasteiger partial charge in [-0.05, 0) is 65.4 Å². The molecule has 7 aromatic rings. The summed E-state index contributed by atoms with van der Waals surface area (Å²) in [4.78, 5) is 79.6. The zero-order valence-corrected chi connectivity index (χ0v) is 48.8. The highest BCUT2D eigenvalue weighted by Crippen LogP contribution is 2.43. The van der Waals surface area contributed by atoms with Crippen LogP contribution in [0.1, 0.15) is 62.2 Å². The number of aromatic hydroxyl groups is 1. The second-order valence-corrected chi connectivity index (χ2v) is 22.3. The number of hydrogen-bond acceptors (Lipinski definition) is 17. The van der Waals surface area contributed by atoms with Crippen LogP contribution in [0.25, 0.3) is 43.2 Å². The number of anilines is 2. The van der Waals surface area contributed by atoms with E-state index in [1.165, 1.54) is 29.2 Å². The number of aryl methyl sites for hydroxylation is 2. The Morgan fingerprint density at radius 1 is 0.940 bits per heavy atom. The number of aromatic nitrogens is 4. The molecule has 3 atom stereocenters. The largest absolute Gasteiger partial charge is 0.508 e. The van der Waals surface area contributed by atoms with Crippen molar-refractivity contribution in [1.29, 1.82) is 0 Å². The molecule has 20 nitrogen and oxygen atoms in total. The molecule has 2 aliphatic rings. The Kier molecular flexibility index (Phi) is 19.8. The Hall–Kier alpha value is -7.47. The second kappa shape index (κ2) is 27.3. The molecule has 0 aliphatic carbocycles. The topological polar surface area (TPSA) is 238 Å². The number of likely N-dealkylation sites (tertiary alicyclic amines) is 1. The standard InChI is InChI=1S/C60H68ClFN10O10S/c1-35(2)52(50-27-36(3)68-82-50)59(78)72-32-43(75)30-49(72)58(77)65-48(39-11-13-40(14-12-39)56-37(4)64-34-83-56)33-81-26-25-80-24-23-79-22-21-69(6)51(76)15-16-63-60-66-55-46(57(67-60)71-19-17-70(18-20-71)38(5)73)31-47(61)53(54(55)62)45-29-42(74)28-41-9-7-8-10-44(41)45/h7-14,27-29,31,34-35,43,49,52,74-75H,15-26,30,32-33H2,1-6H3,(H,63,66,67)/t43-,49+,52?/m1/s1. The number of aliphatic imine (C=N–C) groups is 1. The van der Waals surface area contributed by atoms with Crippen LogP contribution in [0, 0.1) is 25.6 Å². The summed E-state index contributed by atoms with van der Waals surface area (Å²) in [5, 5.41) is 30.4. The van der Waals surface area contributed by atoms with Gasteiger partial charge < -0.3 is 53.9 Å². The summed E-state index contributed by atoms with van der Waals surface area (Å²) in [6.07, 6.45) is -0.810. The van der Waals surface area contributed by atoms with Crippen molar-refractivity contribution in [2.24, 2.45) is 10.9 Å². The summed E-state index contributed by atoms with van der Waals surface area (Å²) in [5.74, 6) is -1.83. The van der Waals surface area contributed by atoms with Gasteiger partial charge in [0.2, 0.25) is 23.7 Å². The number of likely N-dealkylation sites (N-methyl/N-ethyl adjacent to an activating group) is 1. The van der Waals surface area contributed by atoms with Gasteiger partial charge in [-0.3, -0.25) is 19.2 Å². The number of halogens is 2. The van der Waals surface area contributed by atoms with Crippen molar-refractivity contribution in [3.63, 3.8) is 0 Å². The minimum atomic E-state index is -1.00. The average Bonchev–Trinajstić information content (AvgIpc) is 4.03. The lowest BCUT2D eigenvalue weighted by atomic mass is 9.91. The number of carbonyl (C=O) groups excluding carboxylic acids is 4. The second-order valence-electron chi connectivity index (χ2n) is 21.0. The summed E-state index contributed by atoms with van der Waals surface area (Å²) in [6.45, 7) is 12.3. The number of rotatable bonds is 23. The van der Waals surface area contributed by atoms with Gasteiger partial charge in [0.1, 0.15) is 34.8 Å². The van der Waals surface area contributed by atoms with E-state index >= 15 is 4.39 Å². The maximum atomic E-state index is 17.0. The number of piperazine rings is 1. The van der Waals surface area contributed by atoms with E-state index in [0.29, 0.717) is 83.0 Å². The quantitative estimate of drug-likeness (QED) is 0.0405. The summed E-state index contributed by atoms with van der Waals surface area (Å²) in [7, 11) is 1.67. The van der Waals surface area contributed by atoms with Crippen LogP contribution < -0.4 is 10.2 Å². The summed E-state index contributed by atoms with van der Waals surface area (Å²) in [6, 6.07) is 20.3. The Labute approximate surface area is 489 Å². The highest BCUT2D eigenvalue weighted by atomic mass is 35.5. The minimum Gasteiger partial charge on any atom is -0.508 e. The molecule has 23 heteroatoms. The van der Waals surface area contributed by atoms with Gasteiger partial charge in [0.15, 0.2) is 5.82 Å². The Morgan fingerprint density at radius 2 is 1.66 bits per heavy atom. The number of nitrogens with zero attached hydrogens (tertiary/aromatic N) is 9. The third kappa shape index (κ3) is 14.3. The monoisotopic (exact) mass is 1170 g/mol. The summed E-state index contributed by atoms with van der Waals surface area (Å²) >= 11 is 8.42. The third-order valence-electron chi connectivity index (χ3n) is 14.8. The molecule has 83 heavy (non-hydrogen) atoms. The van der Waals surface area contributed by atoms with Crippen LogP contribution in [0.3, 0.4) is 0 Å². The fraction of sp³-hybridized carbons (Fsp3) is 0.417. The number of phenolic OH excluding ortho intramolecular Hbond substituents is 1.